The number of aliphatic hydroxyl groups is 2. The maximum Gasteiger partial charge on any atom is 0.280 e. The number of hydrogen-bond donors (Lipinski definition) is 4. The largest absolute Gasteiger partial charge is 0.460 e. The van der Waals surface area contributed by atoms with Crippen LogP contribution in [0.5, 0.6) is 0 Å². The maximum atomic E-state index is 12.5. The van der Waals surface area contributed by atoms with Crippen LogP contribution in [-0.2, 0) is 24.1 Å². The van der Waals surface area contributed by atoms with Crippen molar-refractivity contribution in [3.63, 3.8) is 0 Å². The standard InChI is InChI=1S/C19H26N6O8S2/c1-9(2)15(28)22-18-21-14-11(16(29)23-18)20-8-25(14)17-13(12(27)10(7-26)32-17)33-19(34)24-3-5-35(30,31)6-4-24/h8-10,12-13,17,26-27H,3-7H2,1-2H3,(H2,21,22,23,28,29). The molecule has 4 N–H and O–H groups in total. The summed E-state index contributed by atoms with van der Waals surface area (Å²) in [4.78, 5) is 37.0. The predicted octanol–water partition coefficient (Wildman–Crippen LogP) is -1.63. The molecule has 2 aromatic rings. The van der Waals surface area contributed by atoms with E-state index in [4.69, 9.17) is 21.7 Å². The van der Waals surface area contributed by atoms with E-state index in [-0.39, 0.29) is 58.7 Å². The lowest BCUT2D eigenvalue weighted by molar-refractivity contribution is -0.118. The first kappa shape index (κ1) is 25.4. The van der Waals surface area contributed by atoms with Crippen LogP contribution in [0, 0.1) is 5.92 Å². The lowest BCUT2D eigenvalue weighted by atomic mass is 10.1. The fourth-order valence-electron chi connectivity index (χ4n) is 3.74. The van der Waals surface area contributed by atoms with Gasteiger partial charge in [-0.05, 0) is 12.2 Å². The second kappa shape index (κ2) is 9.77. The molecule has 14 nitrogen and oxygen atoms in total. The normalized spacial score (nSPS) is 26.3. The molecule has 0 aromatic carbocycles. The van der Waals surface area contributed by atoms with E-state index in [1.54, 1.807) is 18.7 Å². The van der Waals surface area contributed by atoms with Crippen molar-refractivity contribution in [3.05, 3.63) is 16.7 Å². The number of imidazole rings is 1. The number of aromatic nitrogens is 4. The van der Waals surface area contributed by atoms with Crippen molar-refractivity contribution in [2.45, 2.75) is 38.4 Å². The zero-order chi connectivity index (χ0) is 25.5. The highest BCUT2D eigenvalue weighted by Gasteiger charge is 2.47. The van der Waals surface area contributed by atoms with Crippen molar-refractivity contribution < 1.29 is 32.9 Å². The van der Waals surface area contributed by atoms with Crippen LogP contribution in [-0.4, -0.2) is 104 Å². The van der Waals surface area contributed by atoms with E-state index in [1.165, 1.54) is 10.9 Å². The van der Waals surface area contributed by atoms with Crippen molar-refractivity contribution in [2.24, 2.45) is 5.92 Å². The summed E-state index contributed by atoms with van der Waals surface area (Å²) < 4.78 is 36.4. The van der Waals surface area contributed by atoms with E-state index in [1.807, 2.05) is 0 Å². The summed E-state index contributed by atoms with van der Waals surface area (Å²) in [5, 5.41) is 22.9. The van der Waals surface area contributed by atoms with Gasteiger partial charge < -0.3 is 24.6 Å². The Morgan fingerprint density at radius 2 is 2.09 bits per heavy atom. The molecule has 2 fully saturated rings. The highest BCUT2D eigenvalue weighted by atomic mass is 32.2. The van der Waals surface area contributed by atoms with Crippen molar-refractivity contribution in [2.75, 3.05) is 36.5 Å². The van der Waals surface area contributed by atoms with Crippen LogP contribution >= 0.6 is 12.2 Å². The number of nitrogens with one attached hydrogen (secondary N) is 2. The molecule has 0 aliphatic carbocycles. The number of fused-ring (bicyclic) bond motifs is 1. The summed E-state index contributed by atoms with van der Waals surface area (Å²) in [5.74, 6) is -0.966. The number of hydrogen-bond acceptors (Lipinski definition) is 11. The number of anilines is 1. The smallest absolute Gasteiger partial charge is 0.280 e. The van der Waals surface area contributed by atoms with E-state index in [0.29, 0.717) is 0 Å². The Kier molecular flexibility index (Phi) is 7.10. The molecule has 2 saturated heterocycles. The molecule has 4 atom stereocenters. The lowest BCUT2D eigenvalue weighted by Gasteiger charge is -2.31. The molecule has 2 aromatic heterocycles. The number of aliphatic hydroxyl groups excluding tert-OH is 2. The summed E-state index contributed by atoms with van der Waals surface area (Å²) in [6.45, 7) is 3.12. The maximum absolute atomic E-state index is 12.5. The fraction of sp³-hybridized carbons (Fsp3) is 0.632. The van der Waals surface area contributed by atoms with Crippen molar-refractivity contribution in [3.8, 4) is 0 Å². The number of carbonyl (C=O) groups is 1. The van der Waals surface area contributed by atoms with Gasteiger partial charge in [-0.1, -0.05) is 13.8 Å². The minimum Gasteiger partial charge on any atom is -0.460 e. The van der Waals surface area contributed by atoms with Crippen LogP contribution in [0.2, 0.25) is 0 Å². The average Bonchev–Trinajstić information content (AvgIpc) is 3.35. The Balaban J connectivity index is 1.64. The highest BCUT2D eigenvalue weighted by molar-refractivity contribution is 7.91. The third-order valence-corrected chi connectivity index (χ3v) is 7.77. The van der Waals surface area contributed by atoms with E-state index in [2.05, 4.69) is 20.3 Å². The Hall–Kier alpha value is -2.66. The van der Waals surface area contributed by atoms with Gasteiger partial charge >= 0.3 is 0 Å². The third-order valence-electron chi connectivity index (χ3n) is 5.80. The summed E-state index contributed by atoms with van der Waals surface area (Å²) in [6, 6.07) is 0. The van der Waals surface area contributed by atoms with E-state index in [0.717, 1.165) is 0 Å². The molecule has 16 heteroatoms. The molecule has 2 aliphatic heterocycles. The van der Waals surface area contributed by atoms with Gasteiger partial charge in [0, 0.05) is 19.0 Å². The summed E-state index contributed by atoms with van der Waals surface area (Å²) in [6.07, 6.45) is -3.30. The molecule has 0 radical (unpaired) electrons. The Labute approximate surface area is 205 Å². The second-order valence-corrected chi connectivity index (χ2v) is 11.3. The number of thiocarbonyl (C=S) groups is 1. The molecule has 4 heterocycles. The first-order chi connectivity index (χ1) is 16.5. The Bertz CT molecular complexity index is 1280. The summed E-state index contributed by atoms with van der Waals surface area (Å²) in [5.41, 5.74) is -0.597. The molecular weight excluding hydrogens is 504 g/mol. The van der Waals surface area contributed by atoms with Crippen LogP contribution in [0.4, 0.5) is 5.95 Å². The average molecular weight is 531 g/mol. The molecule has 0 bridgehead atoms. The molecule has 4 rings (SSSR count). The molecule has 2 aliphatic rings. The second-order valence-electron chi connectivity index (χ2n) is 8.61. The first-order valence-electron chi connectivity index (χ1n) is 10.9. The molecule has 35 heavy (non-hydrogen) atoms. The van der Waals surface area contributed by atoms with Crippen LogP contribution in [0.15, 0.2) is 11.1 Å². The number of amides is 1. The number of ether oxygens (including phenoxy) is 2. The zero-order valence-electron chi connectivity index (χ0n) is 18.9. The van der Waals surface area contributed by atoms with Crippen LogP contribution in [0.25, 0.3) is 11.2 Å². The molecule has 1 amide bonds. The van der Waals surface area contributed by atoms with Crippen LogP contribution in [0.3, 0.4) is 0 Å². The van der Waals surface area contributed by atoms with Gasteiger partial charge in [0.05, 0.1) is 24.4 Å². The minimum atomic E-state index is -3.14. The molecule has 0 spiro atoms. The fourth-order valence-corrected chi connectivity index (χ4v) is 5.23. The van der Waals surface area contributed by atoms with Gasteiger partial charge in [-0.2, -0.15) is 4.98 Å². The lowest BCUT2D eigenvalue weighted by Crippen LogP contribution is -2.47. The Morgan fingerprint density at radius 3 is 2.71 bits per heavy atom. The summed E-state index contributed by atoms with van der Waals surface area (Å²) in [7, 11) is -3.14. The zero-order valence-corrected chi connectivity index (χ0v) is 20.6. The van der Waals surface area contributed by atoms with Gasteiger partial charge in [0.2, 0.25) is 11.9 Å². The molecular formula is C19H26N6O8S2. The minimum absolute atomic E-state index is 0.0312. The first-order valence-corrected chi connectivity index (χ1v) is 13.1. The number of sulfone groups is 1. The van der Waals surface area contributed by atoms with Gasteiger partial charge in [-0.3, -0.25) is 24.5 Å². The highest BCUT2D eigenvalue weighted by Crippen LogP contribution is 2.34. The van der Waals surface area contributed by atoms with Gasteiger partial charge in [0.15, 0.2) is 33.3 Å². The van der Waals surface area contributed by atoms with Gasteiger partial charge in [0.1, 0.15) is 12.2 Å². The van der Waals surface area contributed by atoms with E-state index >= 15 is 0 Å². The number of carbonyl (C=O) groups excluding carboxylic acids is 1. The molecule has 4 unspecified atom stereocenters. The number of rotatable bonds is 5. The Morgan fingerprint density at radius 1 is 1.40 bits per heavy atom. The predicted molar refractivity (Wildman–Crippen MR) is 126 cm³/mol. The van der Waals surface area contributed by atoms with Crippen molar-refractivity contribution in [1.29, 1.82) is 0 Å². The topological polar surface area (TPSA) is 189 Å². The molecule has 192 valence electrons. The van der Waals surface area contributed by atoms with E-state index < -0.39 is 46.5 Å². The monoisotopic (exact) mass is 530 g/mol. The number of H-pyrrole nitrogens is 1. The van der Waals surface area contributed by atoms with Gasteiger partial charge in [-0.15, -0.1) is 0 Å². The number of nitrogens with zero attached hydrogens (tertiary/aromatic N) is 4. The summed E-state index contributed by atoms with van der Waals surface area (Å²) >= 11 is 5.34. The third kappa shape index (κ3) is 5.16. The number of aromatic amines is 1. The molecule has 0 saturated carbocycles. The van der Waals surface area contributed by atoms with Crippen LogP contribution in [0.1, 0.15) is 20.1 Å². The van der Waals surface area contributed by atoms with E-state index in [9.17, 15) is 28.2 Å². The SMILES string of the molecule is CC(C)C(=O)Nc1nc2c(ncn2C2OC(CO)C(O)C2OC(=S)N2CCS(=O)(=O)CC2)c(=O)[nH]1. The van der Waals surface area contributed by atoms with Crippen molar-refractivity contribution in [1.82, 2.24) is 24.4 Å². The van der Waals surface area contributed by atoms with Crippen molar-refractivity contribution >= 4 is 50.2 Å². The van der Waals surface area contributed by atoms with Gasteiger partial charge in [0.25, 0.3) is 10.7 Å². The van der Waals surface area contributed by atoms with Crippen LogP contribution < -0.4 is 10.9 Å². The quantitative estimate of drug-likeness (QED) is 0.323. The van der Waals surface area contributed by atoms with Gasteiger partial charge in [-0.25, -0.2) is 13.4 Å².